The molecule has 0 spiro atoms. The molecule has 0 aliphatic heterocycles. The molecule has 0 saturated carbocycles. The van der Waals surface area contributed by atoms with E-state index in [0.717, 1.165) is 109 Å². The van der Waals surface area contributed by atoms with Crippen molar-refractivity contribution >= 4 is 17.9 Å². The lowest BCUT2D eigenvalue weighted by Crippen LogP contribution is -2.40. The van der Waals surface area contributed by atoms with Gasteiger partial charge in [0, 0.05) is 12.8 Å². The van der Waals surface area contributed by atoms with Gasteiger partial charge < -0.3 is 28.5 Å². The second-order valence-electron chi connectivity index (χ2n) is 21.6. The Morgan fingerprint density at radius 3 is 1.09 bits per heavy atom. The van der Waals surface area contributed by atoms with Gasteiger partial charge in [0.1, 0.15) is 13.2 Å². The Hall–Kier alpha value is -4.31. The number of rotatable bonds is 56. The first-order valence-electron chi connectivity index (χ1n) is 31.2. The number of ether oxygens (including phenoxy) is 4. The van der Waals surface area contributed by atoms with Crippen LogP contribution in [-0.2, 0) is 33.3 Å². The quantitative estimate of drug-likeness (QED) is 0.0211. The maximum absolute atomic E-state index is 12.9. The summed E-state index contributed by atoms with van der Waals surface area (Å²) in [6.45, 7) is 4.74. The van der Waals surface area contributed by atoms with Crippen molar-refractivity contribution in [3.63, 3.8) is 0 Å². The molecule has 2 unspecified atom stereocenters. The fourth-order valence-corrected chi connectivity index (χ4v) is 8.22. The molecule has 2 atom stereocenters. The molecule has 9 heteroatoms. The van der Waals surface area contributed by atoms with Gasteiger partial charge in [-0.1, -0.05) is 257 Å². The zero-order valence-corrected chi connectivity index (χ0v) is 50.5. The first-order valence-corrected chi connectivity index (χ1v) is 31.2. The number of carbonyl (C=O) groups excluding carboxylic acids is 2. The Morgan fingerprint density at radius 1 is 0.397 bits per heavy atom. The molecular weight excluding hydrogens is 971 g/mol. The van der Waals surface area contributed by atoms with E-state index in [0.29, 0.717) is 23.9 Å². The summed E-state index contributed by atoms with van der Waals surface area (Å²) in [7, 11) is 5.95. The van der Waals surface area contributed by atoms with Crippen molar-refractivity contribution in [2.75, 3.05) is 47.5 Å². The van der Waals surface area contributed by atoms with E-state index in [-0.39, 0.29) is 32.2 Å². The number of carboxylic acids is 1. The number of hydrogen-bond donors (Lipinski definition) is 1. The molecule has 0 radical (unpaired) electrons. The van der Waals surface area contributed by atoms with E-state index in [9.17, 15) is 19.5 Å². The molecule has 0 bridgehead atoms. The van der Waals surface area contributed by atoms with Gasteiger partial charge in [-0.05, 0) is 89.9 Å². The van der Waals surface area contributed by atoms with E-state index in [2.05, 4.69) is 135 Å². The third kappa shape index (κ3) is 59.4. The minimum atomic E-state index is -1.52. The van der Waals surface area contributed by atoms with Crippen molar-refractivity contribution < 1.29 is 42.9 Å². The number of hydrogen-bond acceptors (Lipinski definition) is 7. The molecule has 0 rings (SSSR count). The molecule has 0 aliphatic rings. The zero-order chi connectivity index (χ0) is 56.9. The molecule has 0 amide bonds. The molecule has 0 aromatic carbocycles. The topological polar surface area (TPSA) is 108 Å². The second-order valence-corrected chi connectivity index (χ2v) is 21.6. The predicted octanol–water partition coefficient (Wildman–Crippen LogP) is 18.8. The van der Waals surface area contributed by atoms with Crippen molar-refractivity contribution in [1.82, 2.24) is 0 Å². The number of likely N-dealkylation sites (N-methyl/N-ethyl adjacent to an activating group) is 1. The number of quaternary nitrogens is 1. The Labute approximate surface area is 478 Å². The minimum absolute atomic E-state index is 0.177. The largest absolute Gasteiger partial charge is 0.477 e. The van der Waals surface area contributed by atoms with Gasteiger partial charge in [0.2, 0.25) is 0 Å². The van der Waals surface area contributed by atoms with E-state index in [4.69, 9.17) is 18.9 Å². The Bertz CT molecular complexity index is 1690. The molecular formula is C69H116NO8+. The highest BCUT2D eigenvalue weighted by molar-refractivity contribution is 5.71. The fraction of sp³-hybridized carbons (Fsp3) is 0.667. The van der Waals surface area contributed by atoms with Crippen LogP contribution < -0.4 is 0 Å². The van der Waals surface area contributed by atoms with Gasteiger partial charge in [-0.2, -0.15) is 0 Å². The lowest BCUT2D eigenvalue weighted by Gasteiger charge is -2.25. The van der Waals surface area contributed by atoms with Gasteiger partial charge >= 0.3 is 17.9 Å². The van der Waals surface area contributed by atoms with Gasteiger partial charge in [-0.3, -0.25) is 9.59 Å². The average Bonchev–Trinajstić information content (AvgIpc) is 3.41. The number of esters is 2. The van der Waals surface area contributed by atoms with Crippen molar-refractivity contribution in [3.05, 3.63) is 122 Å². The van der Waals surface area contributed by atoms with Crippen LogP contribution in [0, 0.1) is 0 Å². The number of allylic oxidation sites excluding steroid dienone is 20. The third-order valence-corrected chi connectivity index (χ3v) is 13.0. The van der Waals surface area contributed by atoms with Crippen molar-refractivity contribution in [2.45, 2.75) is 251 Å². The maximum atomic E-state index is 12.9. The Morgan fingerprint density at radius 2 is 0.731 bits per heavy atom. The molecule has 78 heavy (non-hydrogen) atoms. The molecule has 0 aliphatic carbocycles. The molecule has 9 nitrogen and oxygen atoms in total. The zero-order valence-electron chi connectivity index (χ0n) is 50.5. The van der Waals surface area contributed by atoms with Crippen LogP contribution in [-0.4, -0.2) is 87.4 Å². The smallest absolute Gasteiger partial charge is 0.361 e. The molecule has 444 valence electrons. The van der Waals surface area contributed by atoms with E-state index < -0.39 is 24.3 Å². The maximum Gasteiger partial charge on any atom is 0.361 e. The van der Waals surface area contributed by atoms with Crippen LogP contribution in [0.3, 0.4) is 0 Å². The summed E-state index contributed by atoms with van der Waals surface area (Å²) in [5.74, 6) is -2.04. The van der Waals surface area contributed by atoms with Gasteiger partial charge in [0.25, 0.3) is 6.29 Å². The summed E-state index contributed by atoms with van der Waals surface area (Å²) in [6.07, 6.45) is 80.0. The van der Waals surface area contributed by atoms with Gasteiger partial charge in [-0.15, -0.1) is 0 Å². The second kappa shape index (κ2) is 58.8. The van der Waals surface area contributed by atoms with Crippen LogP contribution in [0.1, 0.15) is 239 Å². The van der Waals surface area contributed by atoms with Crippen LogP contribution in [0.25, 0.3) is 0 Å². The van der Waals surface area contributed by atoms with Crippen LogP contribution >= 0.6 is 0 Å². The highest BCUT2D eigenvalue weighted by atomic mass is 16.7. The van der Waals surface area contributed by atoms with Crippen molar-refractivity contribution in [2.24, 2.45) is 0 Å². The molecule has 0 saturated heterocycles. The lowest BCUT2D eigenvalue weighted by atomic mass is 10.0. The number of nitrogens with zero attached hydrogens (tertiary/aromatic N) is 1. The first-order chi connectivity index (χ1) is 38.1. The molecule has 0 aromatic heterocycles. The van der Waals surface area contributed by atoms with E-state index in [1.165, 1.54) is 96.3 Å². The SMILES string of the molecule is CC/C=C\C/C=C\C/C=C\C/C=C\C/C=C\C/C=C\C/C=C\C/C=C\C/C=C\C/C=C\CCCCCCC(=O)OC(COC(=O)CCCCCCCCCCCCCCCCCCCC)COC(OCC[N+](C)(C)C)C(=O)O. The Kier molecular flexibility index (Phi) is 55.6. The highest BCUT2D eigenvalue weighted by Gasteiger charge is 2.25. The van der Waals surface area contributed by atoms with Crippen molar-refractivity contribution in [1.29, 1.82) is 0 Å². The van der Waals surface area contributed by atoms with Crippen molar-refractivity contribution in [3.8, 4) is 0 Å². The third-order valence-electron chi connectivity index (χ3n) is 13.0. The number of aliphatic carboxylic acids is 1. The Balaban J connectivity index is 4.28. The van der Waals surface area contributed by atoms with Gasteiger partial charge in [0.15, 0.2) is 6.10 Å². The van der Waals surface area contributed by atoms with Gasteiger partial charge in [-0.25, -0.2) is 4.79 Å². The molecule has 0 heterocycles. The minimum Gasteiger partial charge on any atom is -0.477 e. The van der Waals surface area contributed by atoms with E-state index in [1.54, 1.807) is 0 Å². The summed E-state index contributed by atoms with van der Waals surface area (Å²) in [6, 6.07) is 0. The summed E-state index contributed by atoms with van der Waals surface area (Å²) in [4.78, 5) is 37.5. The van der Waals surface area contributed by atoms with Crippen LogP contribution in [0.5, 0.6) is 0 Å². The standard InChI is InChI=1S/C69H115NO8/c1-6-8-10-12-14-16-18-20-22-24-26-27-28-29-30-31-32-33-34-35-36-37-38-39-40-41-42-44-46-48-50-52-54-56-58-60-67(72)78-65(64-77-69(68(73)74)75-62-61-70(3,4)5)63-76-66(71)59-57-55-53-51-49-47-45-43-25-23-21-19-17-15-13-11-9-7-2/h8,10,14,16,20,22,26-27,29-30,32-33,35-36,38-39,41-42,46,48,65,69H,6-7,9,11-13,15,17-19,21,23-25,28,31,34,37,40,43-45,47,49-64H2,1-5H3/p+1/b10-8-,16-14-,22-20-,27-26-,30-29-,33-32-,36-35-,39-38-,42-41-,48-46-. The highest BCUT2D eigenvalue weighted by Crippen LogP contribution is 2.16. The number of carboxylic acid groups (broad SMARTS) is 1. The van der Waals surface area contributed by atoms with Crippen LogP contribution in [0.4, 0.5) is 0 Å². The van der Waals surface area contributed by atoms with Crippen LogP contribution in [0.15, 0.2) is 122 Å². The van der Waals surface area contributed by atoms with Gasteiger partial charge in [0.05, 0.1) is 34.4 Å². The van der Waals surface area contributed by atoms with E-state index >= 15 is 0 Å². The molecule has 1 N–H and O–H groups in total. The molecule has 0 aromatic rings. The predicted molar refractivity (Wildman–Crippen MR) is 331 cm³/mol. The lowest BCUT2D eigenvalue weighted by molar-refractivity contribution is -0.870. The monoisotopic (exact) mass is 1090 g/mol. The summed E-state index contributed by atoms with van der Waals surface area (Å²) in [5.41, 5.74) is 0. The van der Waals surface area contributed by atoms with Crippen LogP contribution in [0.2, 0.25) is 0 Å². The fourth-order valence-electron chi connectivity index (χ4n) is 8.22. The molecule has 0 fully saturated rings. The summed E-state index contributed by atoms with van der Waals surface area (Å²) < 4.78 is 22.9. The first kappa shape index (κ1) is 73.7. The summed E-state index contributed by atoms with van der Waals surface area (Å²) in [5, 5.41) is 9.71. The summed E-state index contributed by atoms with van der Waals surface area (Å²) >= 11 is 0. The number of unbranched alkanes of at least 4 members (excludes halogenated alkanes) is 21. The number of carbonyl (C=O) groups is 3. The average molecular weight is 1090 g/mol. The van der Waals surface area contributed by atoms with E-state index in [1.807, 2.05) is 21.1 Å². The normalized spacial score (nSPS) is 13.6.